The highest BCUT2D eigenvalue weighted by molar-refractivity contribution is 9.25. The minimum Gasteiger partial charge on any atom is -0.344 e. The number of Topliss-reactive ketones (excluding diaryl/α,β-unsaturated/α-hetero) is 1. The van der Waals surface area contributed by atoms with Crippen LogP contribution in [0.25, 0.3) is 0 Å². The Bertz CT molecular complexity index is 737. The summed E-state index contributed by atoms with van der Waals surface area (Å²) in [7, 11) is 0. The number of alkyl halides is 2. The largest absolute Gasteiger partial charge is 0.344 e. The molecule has 2 heterocycles. The first kappa shape index (κ1) is 14.1. The van der Waals surface area contributed by atoms with Gasteiger partial charge in [-0.05, 0) is 36.1 Å². The van der Waals surface area contributed by atoms with Crippen LogP contribution in [-0.4, -0.2) is 19.8 Å². The normalized spacial score (nSPS) is 28.9. The first-order valence-electron chi connectivity index (χ1n) is 6.74. The summed E-state index contributed by atoms with van der Waals surface area (Å²) >= 11 is 9.27. The lowest BCUT2D eigenvalue weighted by atomic mass is 9.95. The molecular formula is C16H13Br2NOS. The maximum Gasteiger partial charge on any atom is 0.190 e. The fraction of sp³-hybridized carbons (Fsp3) is 0.312. The molecule has 1 aromatic heterocycles. The average molecular weight is 427 g/mol. The summed E-state index contributed by atoms with van der Waals surface area (Å²) in [4.78, 5) is 14.1. The number of rotatable bonds is 2. The summed E-state index contributed by atoms with van der Waals surface area (Å²) < 4.78 is 1.72. The van der Waals surface area contributed by atoms with Gasteiger partial charge in [0.15, 0.2) is 5.78 Å². The Morgan fingerprint density at radius 2 is 1.95 bits per heavy atom. The summed E-state index contributed by atoms with van der Waals surface area (Å²) in [5, 5.41) is 0. The van der Waals surface area contributed by atoms with E-state index in [0.717, 1.165) is 12.2 Å². The van der Waals surface area contributed by atoms with Crippen LogP contribution in [0.1, 0.15) is 22.0 Å². The van der Waals surface area contributed by atoms with E-state index in [1.165, 1.54) is 10.5 Å². The molecule has 0 N–H and O–H groups in total. The van der Waals surface area contributed by atoms with Crippen molar-refractivity contribution in [1.82, 2.24) is 4.57 Å². The van der Waals surface area contributed by atoms with Crippen molar-refractivity contribution in [2.45, 2.75) is 20.6 Å². The van der Waals surface area contributed by atoms with Crippen molar-refractivity contribution < 1.29 is 4.79 Å². The number of carbonyl (C=O) groups is 1. The molecule has 108 valence electrons. The number of hydrogen-bond acceptors (Lipinski definition) is 2. The second-order valence-electron chi connectivity index (χ2n) is 5.65. The fourth-order valence-electron chi connectivity index (χ4n) is 3.55. The third kappa shape index (κ3) is 1.68. The van der Waals surface area contributed by atoms with E-state index in [-0.39, 0.29) is 14.9 Å². The topological polar surface area (TPSA) is 22.0 Å². The Labute approximate surface area is 144 Å². The Morgan fingerprint density at radius 3 is 2.57 bits per heavy atom. The van der Waals surface area contributed by atoms with Crippen molar-refractivity contribution in [3.8, 4) is 0 Å². The second-order valence-corrected chi connectivity index (χ2v) is 10.1. The van der Waals surface area contributed by atoms with E-state index in [0.29, 0.717) is 0 Å². The van der Waals surface area contributed by atoms with Gasteiger partial charge in [0.05, 0.1) is 11.1 Å². The molecule has 1 aliphatic carbocycles. The van der Waals surface area contributed by atoms with Crippen LogP contribution >= 0.6 is 43.6 Å². The van der Waals surface area contributed by atoms with Crippen LogP contribution in [0, 0.1) is 5.41 Å². The number of nitrogens with zero attached hydrogens (tertiary/aromatic N) is 1. The van der Waals surface area contributed by atoms with Crippen LogP contribution in [0.5, 0.6) is 0 Å². The Morgan fingerprint density at radius 1 is 1.24 bits per heavy atom. The number of fused-ring (bicyclic) bond motifs is 1. The summed E-state index contributed by atoms with van der Waals surface area (Å²) in [6.07, 6.45) is 4.06. The van der Waals surface area contributed by atoms with Crippen LogP contribution in [0.3, 0.4) is 0 Å². The molecule has 0 bridgehead atoms. The summed E-state index contributed by atoms with van der Waals surface area (Å²) in [5.74, 6) is 0.397. The van der Waals surface area contributed by atoms with Gasteiger partial charge in [-0.15, -0.1) is 11.8 Å². The monoisotopic (exact) mass is 425 g/mol. The zero-order valence-corrected chi connectivity index (χ0v) is 15.3. The molecule has 1 fully saturated rings. The molecule has 0 radical (unpaired) electrons. The molecule has 2 aromatic rings. The molecule has 4 rings (SSSR count). The van der Waals surface area contributed by atoms with Crippen LogP contribution in [-0.2, 0) is 6.54 Å². The van der Waals surface area contributed by atoms with Crippen LogP contribution < -0.4 is 0 Å². The van der Waals surface area contributed by atoms with E-state index >= 15 is 0 Å². The van der Waals surface area contributed by atoms with Gasteiger partial charge in [0.2, 0.25) is 0 Å². The van der Waals surface area contributed by atoms with Crippen LogP contribution in [0.4, 0.5) is 0 Å². The highest BCUT2D eigenvalue weighted by Crippen LogP contribution is 2.78. The van der Waals surface area contributed by atoms with Gasteiger partial charge in [-0.3, -0.25) is 4.79 Å². The minimum atomic E-state index is -0.398. The number of thioether (sulfide) groups is 1. The van der Waals surface area contributed by atoms with E-state index in [1.807, 2.05) is 18.3 Å². The number of aromatic nitrogens is 1. The number of hydrogen-bond donors (Lipinski definition) is 0. The Hall–Kier alpha value is -0.520. The quantitative estimate of drug-likeness (QED) is 0.513. The highest BCUT2D eigenvalue weighted by Gasteiger charge is 2.80. The Kier molecular flexibility index (Phi) is 3.02. The SMILES string of the molecule is CSc1ccc([C@H]2C(Br)(Br)[C@@]23Cn2cccc2C3=O)cc1. The lowest BCUT2D eigenvalue weighted by molar-refractivity contribution is 0.0914. The predicted octanol–water partition coefficient (Wildman–Crippen LogP) is 4.68. The molecule has 2 atom stereocenters. The lowest BCUT2D eigenvalue weighted by Gasteiger charge is -2.08. The van der Waals surface area contributed by atoms with E-state index in [2.05, 4.69) is 66.9 Å². The second kappa shape index (κ2) is 4.49. The molecule has 0 saturated heterocycles. The van der Waals surface area contributed by atoms with Gasteiger partial charge < -0.3 is 4.57 Å². The molecule has 2 nitrogen and oxygen atoms in total. The van der Waals surface area contributed by atoms with Gasteiger partial charge in [0.1, 0.15) is 3.23 Å². The molecule has 2 aliphatic rings. The van der Waals surface area contributed by atoms with Gasteiger partial charge in [0.25, 0.3) is 0 Å². The van der Waals surface area contributed by atoms with Gasteiger partial charge in [0, 0.05) is 23.6 Å². The molecule has 1 spiro atoms. The molecular weight excluding hydrogens is 414 g/mol. The summed E-state index contributed by atoms with van der Waals surface area (Å²) in [5.41, 5.74) is 1.63. The summed E-state index contributed by atoms with van der Waals surface area (Å²) in [6.45, 7) is 0.736. The molecule has 0 amide bonds. The average Bonchev–Trinajstić information content (AvgIpc) is 2.81. The van der Waals surface area contributed by atoms with Crippen molar-refractivity contribution in [3.63, 3.8) is 0 Å². The van der Waals surface area contributed by atoms with Crippen molar-refractivity contribution in [2.75, 3.05) is 6.26 Å². The zero-order valence-electron chi connectivity index (χ0n) is 11.3. The third-order valence-electron chi connectivity index (χ3n) is 4.70. The molecule has 5 heteroatoms. The first-order chi connectivity index (χ1) is 10.0. The molecule has 1 aliphatic heterocycles. The first-order valence-corrected chi connectivity index (χ1v) is 9.55. The maximum absolute atomic E-state index is 12.9. The standard InChI is InChI=1S/C16H13Br2NOS/c1-21-11-6-4-10(5-7-11)13-15(16(13,17)18)9-19-8-2-3-12(19)14(15)20/h2-8,13H,9H2,1H3/t13-,15+/m1/s1. The van der Waals surface area contributed by atoms with E-state index in [1.54, 1.807) is 11.8 Å². The smallest absolute Gasteiger partial charge is 0.190 e. The van der Waals surface area contributed by atoms with Gasteiger partial charge >= 0.3 is 0 Å². The number of carbonyl (C=O) groups excluding carboxylic acids is 1. The molecule has 1 saturated carbocycles. The van der Waals surface area contributed by atoms with Gasteiger partial charge in [-0.2, -0.15) is 0 Å². The van der Waals surface area contributed by atoms with Crippen molar-refractivity contribution in [2.24, 2.45) is 5.41 Å². The van der Waals surface area contributed by atoms with Crippen LogP contribution in [0.15, 0.2) is 47.5 Å². The van der Waals surface area contributed by atoms with Crippen LogP contribution in [0.2, 0.25) is 0 Å². The zero-order chi connectivity index (χ0) is 14.8. The molecule has 1 aromatic carbocycles. The highest BCUT2D eigenvalue weighted by atomic mass is 79.9. The van der Waals surface area contributed by atoms with Gasteiger partial charge in [-0.25, -0.2) is 0 Å². The predicted molar refractivity (Wildman–Crippen MR) is 92.7 cm³/mol. The fourth-order valence-corrected chi connectivity index (χ4v) is 6.11. The van der Waals surface area contributed by atoms with E-state index in [9.17, 15) is 4.79 Å². The lowest BCUT2D eigenvalue weighted by Crippen LogP contribution is -2.18. The maximum atomic E-state index is 12.9. The van der Waals surface area contributed by atoms with Crippen molar-refractivity contribution >= 4 is 49.4 Å². The molecule has 21 heavy (non-hydrogen) atoms. The Balaban J connectivity index is 1.75. The number of ketones is 1. The number of benzene rings is 1. The van der Waals surface area contributed by atoms with E-state index in [4.69, 9.17) is 0 Å². The van der Waals surface area contributed by atoms with Crippen molar-refractivity contribution in [1.29, 1.82) is 0 Å². The minimum absolute atomic E-state index is 0.160. The van der Waals surface area contributed by atoms with E-state index < -0.39 is 5.41 Å². The summed E-state index contributed by atoms with van der Waals surface area (Å²) in [6, 6.07) is 12.4. The van der Waals surface area contributed by atoms with Crippen molar-refractivity contribution in [3.05, 3.63) is 53.9 Å². The molecule has 0 unspecified atom stereocenters. The number of halogens is 2. The third-order valence-corrected chi connectivity index (χ3v) is 7.78. The van der Waals surface area contributed by atoms with Gasteiger partial charge in [-0.1, -0.05) is 44.0 Å².